The fourth-order valence-electron chi connectivity index (χ4n) is 2.99. The Balaban J connectivity index is 1.64. The normalized spacial score (nSPS) is 12.0. The van der Waals surface area contributed by atoms with Crippen molar-refractivity contribution < 1.29 is 26.4 Å². The fraction of sp³-hybridized carbons (Fsp3) is 0.105. The fourth-order valence-corrected chi connectivity index (χ4v) is 3.87. The maximum absolute atomic E-state index is 12.9. The predicted octanol–water partition coefficient (Wildman–Crippen LogP) is 2.78. The van der Waals surface area contributed by atoms with E-state index in [1.54, 1.807) is 24.3 Å². The number of carbonyl (C=O) groups excluding carboxylic acids is 1. The van der Waals surface area contributed by atoms with Crippen LogP contribution in [0.2, 0.25) is 0 Å². The van der Waals surface area contributed by atoms with Crippen LogP contribution in [0.15, 0.2) is 69.0 Å². The maximum atomic E-state index is 12.9. The molecule has 0 aliphatic heterocycles. The molecule has 8 nitrogen and oxygen atoms in total. The lowest BCUT2D eigenvalue weighted by Crippen LogP contribution is -2.28. The molecule has 4 aromatic rings. The van der Waals surface area contributed by atoms with Gasteiger partial charge < -0.3 is 9.73 Å². The second-order valence-electron chi connectivity index (χ2n) is 6.30. The highest BCUT2D eigenvalue weighted by Gasteiger charge is 2.29. The average Bonchev–Trinajstić information content (AvgIpc) is 3.10. The van der Waals surface area contributed by atoms with Gasteiger partial charge in [0.25, 0.3) is 5.56 Å². The molecule has 1 N–H and O–H groups in total. The lowest BCUT2D eigenvalue weighted by atomic mass is 10.2. The van der Waals surface area contributed by atoms with Gasteiger partial charge >= 0.3 is 5.76 Å². The lowest BCUT2D eigenvalue weighted by Gasteiger charge is -2.11. The van der Waals surface area contributed by atoms with Gasteiger partial charge in [-0.25, -0.2) is 13.4 Å². The van der Waals surface area contributed by atoms with Gasteiger partial charge in [0, 0.05) is 5.39 Å². The van der Waals surface area contributed by atoms with E-state index in [0.29, 0.717) is 16.5 Å². The summed E-state index contributed by atoms with van der Waals surface area (Å²) < 4.78 is 55.9. The third-order valence-electron chi connectivity index (χ3n) is 4.37. The smallest absolute Gasteiger partial charge is 0.341 e. The molecule has 0 bridgehead atoms. The summed E-state index contributed by atoms with van der Waals surface area (Å²) in [5.41, 5.74) is -0.147. The van der Waals surface area contributed by atoms with E-state index in [-0.39, 0.29) is 11.3 Å². The minimum Gasteiger partial charge on any atom is -0.448 e. The number of fused-ring (bicyclic) bond motifs is 3. The first-order chi connectivity index (χ1) is 14.3. The van der Waals surface area contributed by atoms with Crippen LogP contribution < -0.4 is 10.9 Å². The van der Waals surface area contributed by atoms with Gasteiger partial charge in [0.15, 0.2) is 0 Å². The summed E-state index contributed by atoms with van der Waals surface area (Å²) in [5.74, 6) is -4.44. The van der Waals surface area contributed by atoms with Crippen LogP contribution in [0.25, 0.3) is 22.1 Å². The number of sulfone groups is 1. The summed E-state index contributed by atoms with van der Waals surface area (Å²) in [4.78, 5) is 28.5. The van der Waals surface area contributed by atoms with Gasteiger partial charge in [-0.2, -0.15) is 8.78 Å². The van der Waals surface area contributed by atoms with E-state index in [1.807, 2.05) is 0 Å². The molecule has 0 saturated heterocycles. The highest BCUT2D eigenvalue weighted by Crippen LogP contribution is 2.26. The second-order valence-corrected chi connectivity index (χ2v) is 8.19. The number of anilines is 1. The summed E-state index contributed by atoms with van der Waals surface area (Å²) in [6.07, 6.45) is 1.16. The van der Waals surface area contributed by atoms with E-state index >= 15 is 0 Å². The Morgan fingerprint density at radius 3 is 2.60 bits per heavy atom. The van der Waals surface area contributed by atoms with Crippen molar-refractivity contribution in [1.29, 1.82) is 0 Å². The molecule has 30 heavy (non-hydrogen) atoms. The van der Waals surface area contributed by atoms with E-state index in [1.165, 1.54) is 18.2 Å². The number of amides is 1. The van der Waals surface area contributed by atoms with Crippen LogP contribution in [0, 0.1) is 0 Å². The number of alkyl halides is 2. The number of carbonyl (C=O) groups is 1. The zero-order valence-electron chi connectivity index (χ0n) is 15.1. The Morgan fingerprint density at radius 1 is 1.13 bits per heavy atom. The third-order valence-corrected chi connectivity index (χ3v) is 5.80. The number of furan rings is 1. The van der Waals surface area contributed by atoms with Gasteiger partial charge in [0.1, 0.15) is 17.6 Å². The van der Waals surface area contributed by atoms with E-state index < -0.39 is 38.5 Å². The average molecular weight is 433 g/mol. The Bertz CT molecular complexity index is 1440. The third kappa shape index (κ3) is 3.32. The number of aromatic nitrogens is 2. The minimum absolute atomic E-state index is 0.0350. The Kier molecular flexibility index (Phi) is 4.82. The van der Waals surface area contributed by atoms with Gasteiger partial charge in [0.05, 0.1) is 16.9 Å². The van der Waals surface area contributed by atoms with Gasteiger partial charge in [-0.15, -0.1) is 0 Å². The van der Waals surface area contributed by atoms with Crippen LogP contribution in [0.3, 0.4) is 0 Å². The molecule has 0 aliphatic carbocycles. The monoisotopic (exact) mass is 433 g/mol. The van der Waals surface area contributed by atoms with Gasteiger partial charge in [-0.1, -0.05) is 24.3 Å². The molecule has 0 saturated carbocycles. The highest BCUT2D eigenvalue weighted by molar-refractivity contribution is 7.91. The number of hydrogen-bond donors (Lipinski definition) is 1. The standard InChI is InChI=1S/C19H13F2N3O5S/c20-19(21)30(27,28)14-8-4-2-6-12(14)23-15(25)9-24-10-22-16-11-5-1-3-7-13(11)29-17(16)18(24)26/h1-8,10,19H,9H2,(H,23,25). The molecule has 4 rings (SSSR count). The van der Waals surface area contributed by atoms with Crippen molar-refractivity contribution in [2.75, 3.05) is 5.32 Å². The van der Waals surface area contributed by atoms with Crippen molar-refractivity contribution in [2.24, 2.45) is 0 Å². The molecule has 0 fully saturated rings. The topological polar surface area (TPSA) is 111 Å². The number of hydrogen-bond acceptors (Lipinski definition) is 6. The molecule has 0 atom stereocenters. The van der Waals surface area contributed by atoms with Crippen LogP contribution in [0.5, 0.6) is 0 Å². The first-order valence-electron chi connectivity index (χ1n) is 8.56. The highest BCUT2D eigenvalue weighted by atomic mass is 32.2. The number of para-hydroxylation sites is 2. The van der Waals surface area contributed by atoms with Crippen molar-refractivity contribution in [3.63, 3.8) is 0 Å². The molecule has 0 spiro atoms. The van der Waals surface area contributed by atoms with Crippen molar-refractivity contribution in [2.45, 2.75) is 17.2 Å². The largest absolute Gasteiger partial charge is 0.448 e. The molecule has 2 aromatic carbocycles. The lowest BCUT2D eigenvalue weighted by molar-refractivity contribution is -0.116. The molecule has 2 aromatic heterocycles. The Morgan fingerprint density at radius 2 is 1.83 bits per heavy atom. The van der Waals surface area contributed by atoms with E-state index in [4.69, 9.17) is 4.42 Å². The number of halogens is 2. The summed E-state index contributed by atoms with van der Waals surface area (Å²) in [6, 6.07) is 11.7. The van der Waals surface area contributed by atoms with Gasteiger partial charge in [-0.3, -0.25) is 14.2 Å². The van der Waals surface area contributed by atoms with E-state index in [0.717, 1.165) is 17.0 Å². The van der Waals surface area contributed by atoms with Gasteiger partial charge in [-0.05, 0) is 24.3 Å². The Labute approximate surface area is 167 Å². The van der Waals surface area contributed by atoms with Crippen molar-refractivity contribution in [3.05, 3.63) is 65.2 Å². The first-order valence-corrected chi connectivity index (χ1v) is 10.1. The summed E-state index contributed by atoms with van der Waals surface area (Å²) in [5, 5.41) is 2.90. The van der Waals surface area contributed by atoms with Crippen LogP contribution in [-0.2, 0) is 21.2 Å². The summed E-state index contributed by atoms with van der Waals surface area (Å²) in [7, 11) is -4.92. The van der Waals surface area contributed by atoms with Crippen LogP contribution in [0.4, 0.5) is 14.5 Å². The van der Waals surface area contributed by atoms with Crippen LogP contribution >= 0.6 is 0 Å². The van der Waals surface area contributed by atoms with Crippen molar-refractivity contribution >= 4 is 43.5 Å². The quantitative estimate of drug-likeness (QED) is 0.518. The summed E-state index contributed by atoms with van der Waals surface area (Å²) in [6.45, 7) is -0.526. The second kappa shape index (κ2) is 7.34. The molecule has 0 unspecified atom stereocenters. The predicted molar refractivity (Wildman–Crippen MR) is 104 cm³/mol. The summed E-state index contributed by atoms with van der Waals surface area (Å²) >= 11 is 0. The zero-order chi connectivity index (χ0) is 21.5. The molecule has 0 aliphatic rings. The number of nitrogens with one attached hydrogen (secondary N) is 1. The van der Waals surface area contributed by atoms with Crippen molar-refractivity contribution in [1.82, 2.24) is 9.55 Å². The molecular weight excluding hydrogens is 420 g/mol. The molecule has 154 valence electrons. The SMILES string of the molecule is O=C(Cn1cnc2c(oc3ccccc32)c1=O)Nc1ccccc1S(=O)(=O)C(F)F. The maximum Gasteiger partial charge on any atom is 0.341 e. The number of nitrogens with zero attached hydrogens (tertiary/aromatic N) is 2. The van der Waals surface area contributed by atoms with Crippen LogP contribution in [-0.4, -0.2) is 29.6 Å². The molecule has 2 heterocycles. The molecule has 11 heteroatoms. The molecular formula is C19H13F2N3O5S. The van der Waals surface area contributed by atoms with Gasteiger partial charge in [0.2, 0.25) is 21.3 Å². The minimum atomic E-state index is -4.92. The van der Waals surface area contributed by atoms with Crippen molar-refractivity contribution in [3.8, 4) is 0 Å². The molecule has 1 amide bonds. The number of benzene rings is 2. The van der Waals surface area contributed by atoms with E-state index in [2.05, 4.69) is 10.3 Å². The van der Waals surface area contributed by atoms with Crippen LogP contribution in [0.1, 0.15) is 0 Å². The van der Waals surface area contributed by atoms with E-state index in [9.17, 15) is 26.8 Å². The molecule has 0 radical (unpaired) electrons. The Hall–Kier alpha value is -3.60. The number of rotatable bonds is 5. The first kappa shape index (κ1) is 19.7. The zero-order valence-corrected chi connectivity index (χ0v) is 15.9.